The first kappa shape index (κ1) is 8.82. The predicted octanol–water partition coefficient (Wildman–Crippen LogP) is -1.51. The molecule has 0 rings (SSSR count). The van der Waals surface area contributed by atoms with Gasteiger partial charge in [0.25, 0.3) is 0 Å². The summed E-state index contributed by atoms with van der Waals surface area (Å²) in [7, 11) is 0. The number of rotatable bonds is 0. The molecule has 2 nitrogen and oxygen atoms in total. The number of hydrogen-bond acceptors (Lipinski definition) is 1. The summed E-state index contributed by atoms with van der Waals surface area (Å²) < 4.78 is 0. The van der Waals surface area contributed by atoms with E-state index in [0.717, 1.165) is 0 Å². The molecular weight excluding hydrogens is 80.1 g/mol. The maximum absolute atomic E-state index is 6.28. The molecule has 0 saturated heterocycles. The van der Waals surface area contributed by atoms with Gasteiger partial charge in [0.15, 0.2) is 0 Å². The van der Waals surface area contributed by atoms with Gasteiger partial charge in [0.2, 0.25) is 0 Å². The molecule has 0 spiro atoms. The highest BCUT2D eigenvalue weighted by molar-refractivity contribution is 5.75. The molecule has 32 valence electrons. The minimum atomic E-state index is 0. The van der Waals surface area contributed by atoms with Crippen LogP contribution in [-0.4, -0.2) is 16.8 Å². The molecule has 0 radical (unpaired) electrons. The lowest BCUT2D eigenvalue weighted by Crippen LogP contribution is -2.00. The Bertz CT molecular complexity index is 30.6. The minimum absolute atomic E-state index is 0. The van der Waals surface area contributed by atoms with E-state index in [9.17, 15) is 0 Å². The Labute approximate surface area is 35.9 Å². The molecule has 0 fully saturated rings. The highest BCUT2D eigenvalue weighted by Gasteiger charge is 1.53. The third-order valence-electron chi connectivity index (χ3n) is 0. The average Bonchev–Trinajstić information content (AvgIpc) is 0.811. The molecule has 0 aromatic carbocycles. The Balaban J connectivity index is 0. The van der Waals surface area contributed by atoms with Crippen LogP contribution in [0.15, 0.2) is 0 Å². The summed E-state index contributed by atoms with van der Waals surface area (Å²) in [6, 6.07) is 0. The summed E-state index contributed by atoms with van der Waals surface area (Å²) in [6.07, 6.45) is 0. The van der Waals surface area contributed by atoms with Crippen LogP contribution in [0.2, 0.25) is 0 Å². The van der Waals surface area contributed by atoms with E-state index in [0.29, 0.717) is 0 Å². The Morgan fingerprint density at radius 3 is 1.80 bits per heavy atom. The molecule has 0 atom stereocenters. The fourth-order valence-corrected chi connectivity index (χ4v) is 0. The van der Waals surface area contributed by atoms with E-state index >= 15 is 0 Å². The van der Waals surface area contributed by atoms with Crippen LogP contribution < -0.4 is 5.73 Å². The first-order valence-corrected chi connectivity index (χ1v) is 1.04. The summed E-state index contributed by atoms with van der Waals surface area (Å²) in [5.41, 5.74) is 4.69. The third kappa shape index (κ3) is 107. The van der Waals surface area contributed by atoms with Crippen molar-refractivity contribution in [1.29, 1.82) is 5.41 Å². The lowest BCUT2D eigenvalue weighted by Gasteiger charge is -1.66. The van der Waals surface area contributed by atoms with Crippen LogP contribution in [0.5, 0.6) is 0 Å². The first-order chi connectivity index (χ1) is 1.73. The Morgan fingerprint density at radius 2 is 1.80 bits per heavy atom. The van der Waals surface area contributed by atoms with Gasteiger partial charge in [-0.15, -0.1) is 0 Å². The van der Waals surface area contributed by atoms with Crippen molar-refractivity contribution in [3.05, 3.63) is 0 Å². The number of amidine groups is 1. The van der Waals surface area contributed by atoms with E-state index in [1.54, 1.807) is 0 Å². The topological polar surface area (TPSA) is 49.9 Å². The van der Waals surface area contributed by atoms with E-state index in [4.69, 9.17) is 11.1 Å². The van der Waals surface area contributed by atoms with Gasteiger partial charge in [-0.05, 0) is 17.9 Å². The van der Waals surface area contributed by atoms with Crippen LogP contribution in [0.3, 0.4) is 0 Å². The van der Waals surface area contributed by atoms with Crippen molar-refractivity contribution in [1.82, 2.24) is 0 Å². The average molecular weight is 90.2 g/mol. The fraction of sp³-hybridized carbons (Fsp3) is 0.500. The highest BCUT2D eigenvalue weighted by atomic mass is 28.1. The lowest BCUT2D eigenvalue weighted by atomic mass is 10.8. The summed E-state index contributed by atoms with van der Waals surface area (Å²) >= 11 is 0. The molecule has 0 amide bonds. The standard InChI is InChI=1S/C2H6N2.H4Si/c1-2(3)4;/h1H3,(H3,3,4);1H4. The SMILES string of the molecule is CC(=N)N.[SiH4]. The van der Waals surface area contributed by atoms with Crippen LogP contribution in [0.25, 0.3) is 0 Å². The normalized spacial score (nSPS) is 5.00. The van der Waals surface area contributed by atoms with Crippen LogP contribution in [0.4, 0.5) is 0 Å². The molecule has 0 unspecified atom stereocenters. The molecule has 0 aliphatic carbocycles. The zero-order valence-electron chi connectivity index (χ0n) is 2.58. The Morgan fingerprint density at radius 1 is 1.80 bits per heavy atom. The minimum Gasteiger partial charge on any atom is -0.388 e. The number of hydrogen-bond donors (Lipinski definition) is 2. The van der Waals surface area contributed by atoms with Gasteiger partial charge < -0.3 is 5.73 Å². The van der Waals surface area contributed by atoms with Crippen molar-refractivity contribution >= 4 is 16.8 Å². The Hall–Kier alpha value is -0.313. The molecule has 0 aliphatic heterocycles. The molecule has 0 aromatic heterocycles. The Kier molecular flexibility index (Phi) is 6.51. The van der Waals surface area contributed by atoms with Crippen molar-refractivity contribution in [3.63, 3.8) is 0 Å². The van der Waals surface area contributed by atoms with Gasteiger partial charge in [-0.25, -0.2) is 0 Å². The third-order valence-corrected chi connectivity index (χ3v) is 0. The van der Waals surface area contributed by atoms with Gasteiger partial charge >= 0.3 is 0 Å². The number of nitrogens with one attached hydrogen (secondary N) is 1. The van der Waals surface area contributed by atoms with Crippen LogP contribution in [-0.2, 0) is 0 Å². The number of nitrogens with two attached hydrogens (primary N) is 1. The molecule has 0 saturated carbocycles. The van der Waals surface area contributed by atoms with Gasteiger partial charge in [-0.3, -0.25) is 5.41 Å². The van der Waals surface area contributed by atoms with Crippen LogP contribution >= 0.6 is 0 Å². The van der Waals surface area contributed by atoms with Gasteiger partial charge in [-0.2, -0.15) is 0 Å². The van der Waals surface area contributed by atoms with E-state index in [2.05, 4.69) is 0 Å². The molecule has 3 N–H and O–H groups in total. The molecule has 0 heterocycles. The van der Waals surface area contributed by atoms with E-state index in [1.807, 2.05) is 0 Å². The van der Waals surface area contributed by atoms with Gasteiger partial charge in [0.1, 0.15) is 0 Å². The monoisotopic (exact) mass is 90.1 g/mol. The predicted molar refractivity (Wildman–Crippen MR) is 28.9 cm³/mol. The van der Waals surface area contributed by atoms with Gasteiger partial charge in [-0.1, -0.05) is 0 Å². The van der Waals surface area contributed by atoms with E-state index in [-0.39, 0.29) is 16.8 Å². The molecule has 5 heavy (non-hydrogen) atoms. The second-order valence-electron chi connectivity index (χ2n) is 0.683. The maximum Gasteiger partial charge on any atom is 0.0873 e. The van der Waals surface area contributed by atoms with Gasteiger partial charge in [0, 0.05) is 0 Å². The quantitative estimate of drug-likeness (QED) is 0.212. The molecule has 0 aromatic rings. The van der Waals surface area contributed by atoms with Crippen molar-refractivity contribution in [2.75, 3.05) is 0 Å². The molecule has 0 aliphatic rings. The van der Waals surface area contributed by atoms with Crippen molar-refractivity contribution in [3.8, 4) is 0 Å². The molecule has 3 heteroatoms. The van der Waals surface area contributed by atoms with Crippen LogP contribution in [0.1, 0.15) is 6.92 Å². The first-order valence-electron chi connectivity index (χ1n) is 1.04. The second-order valence-corrected chi connectivity index (χ2v) is 0.683. The molecular formula is C2H10N2Si. The smallest absolute Gasteiger partial charge is 0.0873 e. The van der Waals surface area contributed by atoms with Crippen molar-refractivity contribution < 1.29 is 0 Å². The largest absolute Gasteiger partial charge is 0.388 e. The van der Waals surface area contributed by atoms with Crippen molar-refractivity contribution in [2.45, 2.75) is 6.92 Å². The van der Waals surface area contributed by atoms with Crippen LogP contribution in [0, 0.1) is 5.41 Å². The molecule has 0 bridgehead atoms. The zero-order chi connectivity index (χ0) is 3.58. The highest BCUT2D eigenvalue weighted by Crippen LogP contribution is 1.36. The summed E-state index contributed by atoms with van der Waals surface area (Å²) in [5, 5.41) is 6.28. The second kappa shape index (κ2) is 3.69. The lowest BCUT2D eigenvalue weighted by molar-refractivity contribution is 1.42. The van der Waals surface area contributed by atoms with E-state index < -0.39 is 0 Å². The zero-order valence-corrected chi connectivity index (χ0v) is 2.58. The van der Waals surface area contributed by atoms with E-state index in [1.165, 1.54) is 6.92 Å². The van der Waals surface area contributed by atoms with Crippen molar-refractivity contribution in [2.24, 2.45) is 5.73 Å². The van der Waals surface area contributed by atoms with Gasteiger partial charge in [0.05, 0.1) is 5.84 Å². The summed E-state index contributed by atoms with van der Waals surface area (Å²) in [6.45, 7) is 1.53. The maximum atomic E-state index is 6.28. The summed E-state index contributed by atoms with van der Waals surface area (Å²) in [4.78, 5) is 0. The fourth-order valence-electron chi connectivity index (χ4n) is 0. The summed E-state index contributed by atoms with van der Waals surface area (Å²) in [5.74, 6) is 0.167.